The summed E-state index contributed by atoms with van der Waals surface area (Å²) in [4.78, 5) is 23.6. The number of aromatic nitrogens is 4. The zero-order valence-electron chi connectivity index (χ0n) is 21.3. The van der Waals surface area contributed by atoms with Crippen LogP contribution in [0.4, 0.5) is 16.3 Å². The fourth-order valence-electron chi connectivity index (χ4n) is 5.00. The topological polar surface area (TPSA) is 99.5 Å². The molecular formula is C27H33FN8O. The molecule has 3 aromatic rings. The molecule has 2 aromatic heterocycles. The Balaban J connectivity index is 1.40. The lowest BCUT2D eigenvalue weighted by atomic mass is 9.91. The molecular weight excluding hydrogens is 471 g/mol. The van der Waals surface area contributed by atoms with Crippen LogP contribution in [0.1, 0.15) is 43.2 Å². The fourth-order valence-corrected chi connectivity index (χ4v) is 5.00. The van der Waals surface area contributed by atoms with Crippen molar-refractivity contribution in [3.8, 4) is 0 Å². The molecule has 1 saturated heterocycles. The smallest absolute Gasteiger partial charge is 0.229 e. The van der Waals surface area contributed by atoms with Gasteiger partial charge in [-0.15, -0.1) is 0 Å². The van der Waals surface area contributed by atoms with E-state index in [0.717, 1.165) is 42.4 Å². The first-order chi connectivity index (χ1) is 17.9. The van der Waals surface area contributed by atoms with Crippen molar-refractivity contribution in [3.05, 3.63) is 65.3 Å². The average molecular weight is 505 g/mol. The maximum atomic E-state index is 13.6. The van der Waals surface area contributed by atoms with Crippen LogP contribution in [0.15, 0.2) is 48.3 Å². The summed E-state index contributed by atoms with van der Waals surface area (Å²) in [5.74, 6) is 0.769. The van der Waals surface area contributed by atoms with Crippen molar-refractivity contribution in [2.24, 2.45) is 0 Å². The van der Waals surface area contributed by atoms with E-state index in [9.17, 15) is 9.18 Å². The van der Waals surface area contributed by atoms with Gasteiger partial charge in [0, 0.05) is 29.9 Å². The molecule has 9 nitrogen and oxygen atoms in total. The van der Waals surface area contributed by atoms with Crippen LogP contribution in [0.25, 0.3) is 11.7 Å². The summed E-state index contributed by atoms with van der Waals surface area (Å²) in [6, 6.07) is 7.49. The van der Waals surface area contributed by atoms with E-state index < -0.39 is 0 Å². The number of nitrogens with one attached hydrogen (secondary N) is 3. The molecule has 1 saturated carbocycles. The Morgan fingerprint density at radius 1 is 1.24 bits per heavy atom. The zero-order chi connectivity index (χ0) is 25.9. The number of rotatable bonds is 8. The normalized spacial score (nSPS) is 21.1. The van der Waals surface area contributed by atoms with Crippen LogP contribution in [0, 0.1) is 5.82 Å². The highest BCUT2D eigenvalue weighted by Crippen LogP contribution is 2.26. The van der Waals surface area contributed by atoms with E-state index in [1.807, 2.05) is 12.1 Å². The third kappa shape index (κ3) is 5.80. The average Bonchev–Trinajstić information content (AvgIpc) is 3.41. The van der Waals surface area contributed by atoms with E-state index in [0.29, 0.717) is 48.3 Å². The SMILES string of the molecule is C=C1NC(=O)C/C1=C\c1cnn2c(NCCc3cccc(F)c3)nc(NC3CCC(N(C)C)CC3)nc12. The molecule has 0 atom stereocenters. The number of benzene rings is 1. The monoisotopic (exact) mass is 504 g/mol. The molecule has 0 radical (unpaired) electrons. The number of carbonyl (C=O) groups is 1. The van der Waals surface area contributed by atoms with Crippen LogP contribution in [-0.2, 0) is 11.2 Å². The van der Waals surface area contributed by atoms with Gasteiger partial charge in [-0.1, -0.05) is 18.7 Å². The Kier molecular flexibility index (Phi) is 7.18. The van der Waals surface area contributed by atoms with Crippen molar-refractivity contribution < 1.29 is 9.18 Å². The van der Waals surface area contributed by atoms with Gasteiger partial charge in [0.25, 0.3) is 0 Å². The second-order valence-corrected chi connectivity index (χ2v) is 10.00. The number of anilines is 2. The Morgan fingerprint density at radius 3 is 2.76 bits per heavy atom. The third-order valence-electron chi connectivity index (χ3n) is 7.10. The van der Waals surface area contributed by atoms with Crippen LogP contribution in [-0.4, -0.2) is 63.1 Å². The largest absolute Gasteiger partial charge is 0.354 e. The molecule has 1 aliphatic carbocycles. The predicted molar refractivity (Wildman–Crippen MR) is 143 cm³/mol. The van der Waals surface area contributed by atoms with Crippen molar-refractivity contribution in [1.82, 2.24) is 29.8 Å². The van der Waals surface area contributed by atoms with E-state index in [4.69, 9.17) is 9.97 Å². The van der Waals surface area contributed by atoms with Crippen LogP contribution in [0.3, 0.4) is 0 Å². The molecule has 0 bridgehead atoms. The van der Waals surface area contributed by atoms with Crippen molar-refractivity contribution >= 4 is 29.5 Å². The number of hydrogen-bond acceptors (Lipinski definition) is 7. The van der Waals surface area contributed by atoms with Crippen LogP contribution < -0.4 is 16.0 Å². The number of hydrogen-bond donors (Lipinski definition) is 3. The molecule has 3 N–H and O–H groups in total. The van der Waals surface area contributed by atoms with Gasteiger partial charge < -0.3 is 20.9 Å². The maximum absolute atomic E-state index is 13.6. The summed E-state index contributed by atoms with van der Waals surface area (Å²) in [6.07, 6.45) is 8.87. The van der Waals surface area contributed by atoms with E-state index in [2.05, 4.69) is 46.6 Å². The molecule has 1 amide bonds. The number of fused-ring (bicyclic) bond motifs is 1. The Bertz CT molecular complexity index is 1340. The second kappa shape index (κ2) is 10.7. The molecule has 2 fully saturated rings. The minimum Gasteiger partial charge on any atom is -0.354 e. The fraction of sp³-hybridized carbons (Fsp3) is 0.407. The van der Waals surface area contributed by atoms with Crippen LogP contribution in [0.5, 0.6) is 0 Å². The number of halogens is 1. The summed E-state index contributed by atoms with van der Waals surface area (Å²) in [5, 5.41) is 14.2. The van der Waals surface area contributed by atoms with Gasteiger partial charge in [-0.05, 0) is 75.5 Å². The molecule has 0 unspecified atom stereocenters. The van der Waals surface area contributed by atoms with Crippen molar-refractivity contribution in [2.75, 3.05) is 31.3 Å². The van der Waals surface area contributed by atoms with Gasteiger partial charge >= 0.3 is 0 Å². The zero-order valence-corrected chi connectivity index (χ0v) is 21.3. The van der Waals surface area contributed by atoms with Gasteiger partial charge in [0.05, 0.1) is 12.6 Å². The lowest BCUT2D eigenvalue weighted by Gasteiger charge is -2.33. The van der Waals surface area contributed by atoms with Gasteiger partial charge in [0.15, 0.2) is 5.65 Å². The lowest BCUT2D eigenvalue weighted by molar-refractivity contribution is -0.118. The van der Waals surface area contributed by atoms with Gasteiger partial charge in [0.2, 0.25) is 17.8 Å². The van der Waals surface area contributed by atoms with E-state index in [1.54, 1.807) is 16.8 Å². The highest BCUT2D eigenvalue weighted by Gasteiger charge is 2.24. The number of carbonyl (C=O) groups excluding carboxylic acids is 1. The Labute approximate surface area is 215 Å². The quantitative estimate of drug-likeness (QED) is 0.431. The summed E-state index contributed by atoms with van der Waals surface area (Å²) >= 11 is 0. The summed E-state index contributed by atoms with van der Waals surface area (Å²) < 4.78 is 15.3. The van der Waals surface area contributed by atoms with Crippen LogP contribution in [0.2, 0.25) is 0 Å². The van der Waals surface area contributed by atoms with E-state index in [-0.39, 0.29) is 18.1 Å². The molecule has 1 aliphatic heterocycles. The summed E-state index contributed by atoms with van der Waals surface area (Å²) in [7, 11) is 4.27. The van der Waals surface area contributed by atoms with Crippen molar-refractivity contribution in [3.63, 3.8) is 0 Å². The van der Waals surface area contributed by atoms with Crippen molar-refractivity contribution in [1.29, 1.82) is 0 Å². The molecule has 5 rings (SSSR count). The van der Waals surface area contributed by atoms with Crippen molar-refractivity contribution in [2.45, 2.75) is 50.6 Å². The first-order valence-corrected chi connectivity index (χ1v) is 12.7. The van der Waals surface area contributed by atoms with Crippen LogP contribution >= 0.6 is 0 Å². The molecule has 1 aromatic carbocycles. The minimum atomic E-state index is -0.247. The summed E-state index contributed by atoms with van der Waals surface area (Å²) in [5.41, 5.74) is 3.73. The first-order valence-electron chi connectivity index (χ1n) is 12.7. The molecule has 37 heavy (non-hydrogen) atoms. The van der Waals surface area contributed by atoms with E-state index >= 15 is 0 Å². The Morgan fingerprint density at radius 2 is 2.05 bits per heavy atom. The third-order valence-corrected chi connectivity index (χ3v) is 7.10. The predicted octanol–water partition coefficient (Wildman–Crippen LogP) is 3.62. The van der Waals surface area contributed by atoms with Gasteiger partial charge in [-0.3, -0.25) is 4.79 Å². The van der Waals surface area contributed by atoms with Gasteiger partial charge in [-0.25, -0.2) is 4.39 Å². The number of allylic oxidation sites excluding steroid dienone is 1. The highest BCUT2D eigenvalue weighted by atomic mass is 19.1. The molecule has 10 heteroatoms. The standard InChI is InChI=1S/C27H33FN8O/c1-17-19(15-24(37)31-17)14-20-16-30-36-25(20)33-26(32-22-7-9-23(10-8-22)35(2)3)34-27(36)29-12-11-18-5-4-6-21(28)13-18/h4-6,13-14,16,22-23H,1,7-12,15H2,2-3H3,(H,31,37)(H2,29,32,33,34)/b19-14+. The summed E-state index contributed by atoms with van der Waals surface area (Å²) in [6.45, 7) is 4.49. The lowest BCUT2D eigenvalue weighted by Crippen LogP contribution is -2.36. The van der Waals surface area contributed by atoms with E-state index in [1.165, 1.54) is 12.1 Å². The maximum Gasteiger partial charge on any atom is 0.229 e. The number of amides is 1. The number of nitrogens with zero attached hydrogens (tertiary/aromatic N) is 5. The Hall–Kier alpha value is -3.79. The van der Waals surface area contributed by atoms with Gasteiger partial charge in [0.1, 0.15) is 5.82 Å². The molecule has 194 valence electrons. The molecule has 2 aliphatic rings. The highest BCUT2D eigenvalue weighted by molar-refractivity contribution is 5.89. The molecule has 0 spiro atoms. The van der Waals surface area contributed by atoms with Gasteiger partial charge in [-0.2, -0.15) is 19.6 Å². The first kappa shape index (κ1) is 24.9. The minimum absolute atomic E-state index is 0.0715. The second-order valence-electron chi connectivity index (χ2n) is 10.00. The molecule has 3 heterocycles.